The number of benzene rings is 1. The fraction of sp³-hybridized carbons (Fsp3) is 0.438. The third-order valence-corrected chi connectivity index (χ3v) is 3.99. The van der Waals surface area contributed by atoms with E-state index in [0.717, 1.165) is 42.5 Å². The zero-order chi connectivity index (χ0) is 13.8. The summed E-state index contributed by atoms with van der Waals surface area (Å²) in [6, 6.07) is 10.3. The maximum Gasteiger partial charge on any atom is 0.0852 e. The summed E-state index contributed by atoms with van der Waals surface area (Å²) in [5, 5.41) is 1.14. The Morgan fingerprint density at radius 1 is 1.25 bits per heavy atom. The van der Waals surface area contributed by atoms with Crippen molar-refractivity contribution in [3.8, 4) is 0 Å². The van der Waals surface area contributed by atoms with Crippen LogP contribution in [0.2, 0.25) is 0 Å². The maximum atomic E-state index is 6.13. The first kappa shape index (κ1) is 13.5. The molecule has 1 aliphatic rings. The lowest BCUT2D eigenvalue weighted by atomic mass is 9.94. The summed E-state index contributed by atoms with van der Waals surface area (Å²) in [5.41, 5.74) is 7.85. The topological polar surface area (TPSA) is 57.4 Å². The number of hydrogen-bond acceptors (Lipinski definition) is 4. The Balaban J connectivity index is 1.72. The van der Waals surface area contributed by atoms with Gasteiger partial charge in [0.2, 0.25) is 0 Å². The molecule has 1 aromatic heterocycles. The highest BCUT2D eigenvalue weighted by Gasteiger charge is 2.32. The predicted molar refractivity (Wildman–Crippen MR) is 78.4 cm³/mol. The smallest absolute Gasteiger partial charge is 0.0852 e. The summed E-state index contributed by atoms with van der Waals surface area (Å²) >= 11 is 0. The van der Waals surface area contributed by atoms with Crippen LogP contribution in [-0.2, 0) is 16.1 Å². The molecule has 0 saturated carbocycles. The monoisotopic (exact) mass is 272 g/mol. The summed E-state index contributed by atoms with van der Waals surface area (Å²) in [4.78, 5) is 4.32. The number of rotatable bonds is 4. The van der Waals surface area contributed by atoms with E-state index in [1.165, 1.54) is 0 Å². The van der Waals surface area contributed by atoms with Crippen molar-refractivity contribution in [3.05, 3.63) is 42.1 Å². The van der Waals surface area contributed by atoms with Crippen LogP contribution in [0.1, 0.15) is 18.4 Å². The van der Waals surface area contributed by atoms with Crippen LogP contribution in [0.5, 0.6) is 0 Å². The van der Waals surface area contributed by atoms with Gasteiger partial charge in [0.25, 0.3) is 0 Å². The molecule has 1 saturated heterocycles. The molecule has 0 amide bonds. The van der Waals surface area contributed by atoms with E-state index in [1.54, 1.807) is 0 Å². The van der Waals surface area contributed by atoms with E-state index in [2.05, 4.69) is 23.2 Å². The van der Waals surface area contributed by atoms with Gasteiger partial charge in [-0.2, -0.15) is 0 Å². The normalized spacial score (nSPS) is 18.2. The lowest BCUT2D eigenvalue weighted by Gasteiger charge is -2.36. The minimum atomic E-state index is -0.220. The first-order chi connectivity index (χ1) is 9.81. The van der Waals surface area contributed by atoms with Crippen LogP contribution in [0, 0.1) is 0 Å². The van der Waals surface area contributed by atoms with Crippen LogP contribution in [0.4, 0.5) is 0 Å². The predicted octanol–water partition coefficient (Wildman–Crippen LogP) is 2.26. The molecule has 1 aliphatic heterocycles. The SMILES string of the molecule is NCC1(OCc2ccc3ncccc3c2)CCOCC1. The molecule has 0 spiro atoms. The lowest BCUT2D eigenvalue weighted by molar-refractivity contribution is -0.112. The number of hydrogen-bond donors (Lipinski definition) is 1. The molecule has 0 radical (unpaired) electrons. The highest BCUT2D eigenvalue weighted by atomic mass is 16.5. The van der Waals surface area contributed by atoms with Gasteiger partial charge >= 0.3 is 0 Å². The summed E-state index contributed by atoms with van der Waals surface area (Å²) in [6.45, 7) is 2.60. The fourth-order valence-electron chi connectivity index (χ4n) is 2.60. The Morgan fingerprint density at radius 2 is 2.10 bits per heavy atom. The van der Waals surface area contributed by atoms with E-state index in [9.17, 15) is 0 Å². The molecule has 2 heterocycles. The minimum Gasteiger partial charge on any atom is -0.381 e. The number of nitrogens with zero attached hydrogens (tertiary/aromatic N) is 1. The molecule has 0 atom stereocenters. The van der Waals surface area contributed by atoms with Gasteiger partial charge in [-0.1, -0.05) is 12.1 Å². The average Bonchev–Trinajstić information content (AvgIpc) is 2.54. The third kappa shape index (κ3) is 2.82. The van der Waals surface area contributed by atoms with E-state index in [1.807, 2.05) is 18.3 Å². The molecular weight excluding hydrogens is 252 g/mol. The van der Waals surface area contributed by atoms with E-state index >= 15 is 0 Å². The van der Waals surface area contributed by atoms with Gasteiger partial charge < -0.3 is 15.2 Å². The molecule has 2 N–H and O–H groups in total. The highest BCUT2D eigenvalue weighted by Crippen LogP contribution is 2.26. The first-order valence-corrected chi connectivity index (χ1v) is 7.07. The quantitative estimate of drug-likeness (QED) is 0.927. The van der Waals surface area contributed by atoms with Gasteiger partial charge in [0.05, 0.1) is 17.7 Å². The van der Waals surface area contributed by atoms with Gasteiger partial charge in [0.15, 0.2) is 0 Å². The van der Waals surface area contributed by atoms with Gasteiger partial charge in [0, 0.05) is 44.2 Å². The summed E-state index contributed by atoms with van der Waals surface area (Å²) in [7, 11) is 0. The number of aromatic nitrogens is 1. The van der Waals surface area contributed by atoms with Crippen molar-refractivity contribution in [2.75, 3.05) is 19.8 Å². The van der Waals surface area contributed by atoms with Crippen molar-refractivity contribution >= 4 is 10.9 Å². The molecule has 1 fully saturated rings. The second-order valence-electron chi connectivity index (χ2n) is 5.32. The van der Waals surface area contributed by atoms with Crippen molar-refractivity contribution in [1.82, 2.24) is 4.98 Å². The largest absolute Gasteiger partial charge is 0.381 e. The lowest BCUT2D eigenvalue weighted by Crippen LogP contribution is -2.45. The van der Waals surface area contributed by atoms with E-state index in [0.29, 0.717) is 13.2 Å². The van der Waals surface area contributed by atoms with Gasteiger partial charge in [-0.25, -0.2) is 0 Å². The van der Waals surface area contributed by atoms with Crippen molar-refractivity contribution in [2.24, 2.45) is 5.73 Å². The molecule has 4 nitrogen and oxygen atoms in total. The van der Waals surface area contributed by atoms with Gasteiger partial charge in [0.1, 0.15) is 0 Å². The van der Waals surface area contributed by atoms with Gasteiger partial charge in [-0.05, 0) is 23.8 Å². The second-order valence-corrected chi connectivity index (χ2v) is 5.32. The first-order valence-electron chi connectivity index (χ1n) is 7.07. The Kier molecular flexibility index (Phi) is 3.96. The standard InChI is InChI=1S/C16H20N2O2/c17-12-16(5-8-19-9-6-16)20-11-13-3-4-15-14(10-13)2-1-7-18-15/h1-4,7,10H,5-6,8-9,11-12,17H2. The third-order valence-electron chi connectivity index (χ3n) is 3.99. The summed E-state index contributed by atoms with van der Waals surface area (Å²) in [6.07, 6.45) is 3.56. The van der Waals surface area contributed by atoms with Crippen molar-refractivity contribution < 1.29 is 9.47 Å². The van der Waals surface area contributed by atoms with Crippen LogP contribution in [0.25, 0.3) is 10.9 Å². The van der Waals surface area contributed by atoms with Crippen LogP contribution in [-0.4, -0.2) is 30.3 Å². The molecule has 0 bridgehead atoms. The van der Waals surface area contributed by atoms with Crippen LogP contribution < -0.4 is 5.73 Å². The molecule has 0 unspecified atom stereocenters. The van der Waals surface area contributed by atoms with E-state index in [-0.39, 0.29) is 5.60 Å². The Morgan fingerprint density at radius 3 is 2.90 bits per heavy atom. The zero-order valence-electron chi connectivity index (χ0n) is 11.5. The van der Waals surface area contributed by atoms with Crippen LogP contribution in [0.3, 0.4) is 0 Å². The van der Waals surface area contributed by atoms with E-state index < -0.39 is 0 Å². The number of pyridine rings is 1. The molecule has 2 aromatic rings. The molecule has 3 rings (SSSR count). The molecule has 106 valence electrons. The summed E-state index contributed by atoms with van der Waals surface area (Å²) < 4.78 is 11.5. The zero-order valence-corrected chi connectivity index (χ0v) is 11.5. The Labute approximate surface area is 118 Å². The minimum absolute atomic E-state index is 0.220. The molecule has 1 aromatic carbocycles. The number of fused-ring (bicyclic) bond motifs is 1. The molecule has 4 heteroatoms. The van der Waals surface area contributed by atoms with Gasteiger partial charge in [-0.3, -0.25) is 4.98 Å². The molecular formula is C16H20N2O2. The van der Waals surface area contributed by atoms with Crippen molar-refractivity contribution in [2.45, 2.75) is 25.0 Å². The van der Waals surface area contributed by atoms with Crippen LogP contribution >= 0.6 is 0 Å². The average molecular weight is 272 g/mol. The summed E-state index contributed by atoms with van der Waals surface area (Å²) in [5.74, 6) is 0. The Hall–Kier alpha value is -1.49. The fourth-order valence-corrected chi connectivity index (χ4v) is 2.60. The van der Waals surface area contributed by atoms with E-state index in [4.69, 9.17) is 15.2 Å². The Bertz CT molecular complexity index is 579. The maximum absolute atomic E-state index is 6.13. The van der Waals surface area contributed by atoms with Crippen LogP contribution in [0.15, 0.2) is 36.5 Å². The molecule has 20 heavy (non-hydrogen) atoms. The van der Waals surface area contributed by atoms with Gasteiger partial charge in [-0.15, -0.1) is 0 Å². The second kappa shape index (κ2) is 5.87. The number of nitrogens with two attached hydrogens (primary N) is 1. The number of ether oxygens (including phenoxy) is 2. The van der Waals surface area contributed by atoms with Crippen molar-refractivity contribution in [1.29, 1.82) is 0 Å². The molecule has 0 aliphatic carbocycles. The highest BCUT2D eigenvalue weighted by molar-refractivity contribution is 5.78. The van der Waals surface area contributed by atoms with Crippen molar-refractivity contribution in [3.63, 3.8) is 0 Å².